The van der Waals surface area contributed by atoms with E-state index in [0.29, 0.717) is 0 Å². The number of hydrogen-bond acceptors (Lipinski definition) is 4. The zero-order valence-electron chi connectivity index (χ0n) is 12.9. The maximum Gasteiger partial charge on any atom is 0.133 e. The number of benzene rings is 2. The van der Waals surface area contributed by atoms with E-state index in [-0.39, 0.29) is 0 Å². The molecule has 2 aromatic heterocycles. The monoisotopic (exact) mass is 522 g/mol. The first-order chi connectivity index (χ1) is 12.2. The Labute approximate surface area is 171 Å². The van der Waals surface area contributed by atoms with Gasteiger partial charge in [0.25, 0.3) is 0 Å². The van der Waals surface area contributed by atoms with Crippen LogP contribution in [0.15, 0.2) is 77.9 Å². The molecule has 0 saturated heterocycles. The van der Waals surface area contributed by atoms with Gasteiger partial charge in [-0.3, -0.25) is 0 Å². The molecule has 1 atom stereocenters. The van der Waals surface area contributed by atoms with Crippen LogP contribution in [-0.4, -0.2) is 19.1 Å². The van der Waals surface area contributed by atoms with Crippen LogP contribution in [0.2, 0.25) is 0 Å². The predicted molar refractivity (Wildman–Crippen MR) is 111 cm³/mol. The van der Waals surface area contributed by atoms with E-state index in [1.165, 1.54) is 15.1 Å². The zero-order valence-corrected chi connectivity index (χ0v) is 17.4. The lowest BCUT2D eigenvalue weighted by molar-refractivity contribution is 0.522. The number of rotatable bonds is 4. The molecule has 0 N–H and O–H groups in total. The SMILES string of the molecule is Brc1ccc(C(c2ccc(I)cc2)(c2ccns2)n2cnnc2)cc1. The summed E-state index contributed by atoms with van der Waals surface area (Å²) in [5, 5.41) is 8.14. The van der Waals surface area contributed by atoms with Gasteiger partial charge in [-0.25, -0.2) is 4.37 Å². The molecule has 0 aliphatic heterocycles. The van der Waals surface area contributed by atoms with E-state index in [2.05, 4.69) is 108 Å². The second kappa shape index (κ2) is 6.97. The van der Waals surface area contributed by atoms with Crippen molar-refractivity contribution in [3.05, 3.63) is 97.5 Å². The molecule has 0 aliphatic rings. The molecule has 0 spiro atoms. The maximum atomic E-state index is 4.36. The van der Waals surface area contributed by atoms with E-state index in [0.717, 1.165) is 20.5 Å². The van der Waals surface area contributed by atoms with Gasteiger partial charge in [0.15, 0.2) is 0 Å². The zero-order chi connectivity index (χ0) is 17.3. The van der Waals surface area contributed by atoms with Crippen LogP contribution in [-0.2, 0) is 5.54 Å². The summed E-state index contributed by atoms with van der Waals surface area (Å²) >= 11 is 7.34. The highest BCUT2D eigenvalue weighted by Crippen LogP contribution is 2.42. The van der Waals surface area contributed by atoms with Crippen molar-refractivity contribution in [2.24, 2.45) is 0 Å². The summed E-state index contributed by atoms with van der Waals surface area (Å²) in [7, 11) is 0. The minimum Gasteiger partial charge on any atom is -0.300 e. The standard InChI is InChI=1S/C18H12BrIN4S/c19-15-5-1-13(2-6-15)18(17-9-10-23-25-17,24-11-21-22-12-24)14-3-7-16(20)8-4-14/h1-12H. The molecule has 0 fully saturated rings. The summed E-state index contributed by atoms with van der Waals surface area (Å²) in [5.41, 5.74) is 1.70. The molecule has 7 heteroatoms. The normalized spacial score (nSPS) is 13.5. The average Bonchev–Trinajstić information content (AvgIpc) is 3.33. The summed E-state index contributed by atoms with van der Waals surface area (Å²) < 4.78 is 8.64. The number of halogens is 2. The van der Waals surface area contributed by atoms with Gasteiger partial charge in [-0.15, -0.1) is 10.2 Å². The predicted octanol–water partition coefficient (Wildman–Crippen LogP) is 4.94. The molecular formula is C18H12BrIN4S. The van der Waals surface area contributed by atoms with Crippen LogP contribution in [0, 0.1) is 3.57 Å². The number of nitrogens with zero attached hydrogens (tertiary/aromatic N) is 4. The molecule has 0 aliphatic carbocycles. The Balaban J connectivity index is 2.08. The van der Waals surface area contributed by atoms with Crippen LogP contribution in [0.3, 0.4) is 0 Å². The Morgan fingerprint density at radius 2 is 1.48 bits per heavy atom. The molecule has 0 radical (unpaired) electrons. The van der Waals surface area contributed by atoms with Crippen molar-refractivity contribution < 1.29 is 0 Å². The Kier molecular flexibility index (Phi) is 4.70. The summed E-state index contributed by atoms with van der Waals surface area (Å²) in [6.07, 6.45) is 5.37. The smallest absolute Gasteiger partial charge is 0.133 e. The molecule has 2 aromatic carbocycles. The molecule has 124 valence electrons. The lowest BCUT2D eigenvalue weighted by Crippen LogP contribution is -2.36. The third-order valence-corrected chi connectivity index (χ3v) is 6.23. The van der Waals surface area contributed by atoms with Crippen molar-refractivity contribution in [1.82, 2.24) is 19.1 Å². The van der Waals surface area contributed by atoms with Crippen LogP contribution in [0.4, 0.5) is 0 Å². The van der Waals surface area contributed by atoms with E-state index in [1.807, 2.05) is 10.8 Å². The second-order valence-corrected chi connectivity index (χ2v) is 8.46. The fourth-order valence-corrected chi connectivity index (χ4v) is 4.49. The van der Waals surface area contributed by atoms with Crippen molar-refractivity contribution in [2.45, 2.75) is 5.54 Å². The molecule has 0 saturated carbocycles. The molecule has 2 heterocycles. The van der Waals surface area contributed by atoms with Gasteiger partial charge in [0.05, 0.1) is 4.88 Å². The quantitative estimate of drug-likeness (QED) is 0.356. The average molecular weight is 523 g/mol. The number of hydrogen-bond donors (Lipinski definition) is 0. The minimum atomic E-state index is -0.560. The molecular weight excluding hydrogens is 511 g/mol. The van der Waals surface area contributed by atoms with E-state index in [1.54, 1.807) is 12.7 Å². The van der Waals surface area contributed by atoms with Crippen molar-refractivity contribution in [1.29, 1.82) is 0 Å². The highest BCUT2D eigenvalue weighted by Gasteiger charge is 2.40. The van der Waals surface area contributed by atoms with Crippen LogP contribution in [0.1, 0.15) is 16.0 Å². The first-order valence-corrected chi connectivity index (χ1v) is 10.1. The lowest BCUT2D eigenvalue weighted by atomic mass is 9.81. The van der Waals surface area contributed by atoms with Gasteiger partial charge >= 0.3 is 0 Å². The van der Waals surface area contributed by atoms with E-state index < -0.39 is 5.54 Å². The van der Waals surface area contributed by atoms with Crippen molar-refractivity contribution in [3.8, 4) is 0 Å². The summed E-state index contributed by atoms with van der Waals surface area (Å²) in [4.78, 5) is 1.11. The maximum absolute atomic E-state index is 4.36. The van der Waals surface area contributed by atoms with Gasteiger partial charge in [-0.1, -0.05) is 40.2 Å². The summed E-state index contributed by atoms with van der Waals surface area (Å²) in [6.45, 7) is 0. The van der Waals surface area contributed by atoms with Crippen LogP contribution >= 0.6 is 50.1 Å². The fourth-order valence-electron chi connectivity index (χ4n) is 3.04. The third-order valence-electron chi connectivity index (χ3n) is 4.12. The Morgan fingerprint density at radius 1 is 0.880 bits per heavy atom. The molecule has 0 amide bonds. The summed E-state index contributed by atoms with van der Waals surface area (Å²) in [5.74, 6) is 0. The first kappa shape index (κ1) is 16.9. The van der Waals surface area contributed by atoms with Crippen LogP contribution in [0.5, 0.6) is 0 Å². The minimum absolute atomic E-state index is 0.560. The number of aromatic nitrogens is 4. The Bertz CT molecular complexity index is 870. The molecule has 1 unspecified atom stereocenters. The summed E-state index contributed by atoms with van der Waals surface area (Å²) in [6, 6.07) is 19.0. The fraction of sp³-hybridized carbons (Fsp3) is 0.0556. The topological polar surface area (TPSA) is 43.6 Å². The van der Waals surface area contributed by atoms with E-state index in [4.69, 9.17) is 0 Å². The van der Waals surface area contributed by atoms with Gasteiger partial charge in [0.1, 0.15) is 18.2 Å². The van der Waals surface area contributed by atoms with Crippen LogP contribution in [0.25, 0.3) is 0 Å². The Morgan fingerprint density at radius 3 is 2.04 bits per heavy atom. The third kappa shape index (κ3) is 2.94. The Hall–Kier alpha value is -1.58. The molecule has 4 rings (SSSR count). The van der Waals surface area contributed by atoms with Crippen LogP contribution < -0.4 is 0 Å². The van der Waals surface area contributed by atoms with Gasteiger partial charge < -0.3 is 4.57 Å². The molecule has 0 bridgehead atoms. The van der Waals surface area contributed by atoms with E-state index >= 15 is 0 Å². The largest absolute Gasteiger partial charge is 0.300 e. The second-order valence-electron chi connectivity index (χ2n) is 5.47. The van der Waals surface area contributed by atoms with E-state index in [9.17, 15) is 0 Å². The molecule has 4 aromatic rings. The van der Waals surface area contributed by atoms with Crippen molar-refractivity contribution in [2.75, 3.05) is 0 Å². The lowest BCUT2D eigenvalue weighted by Gasteiger charge is -2.35. The van der Waals surface area contributed by atoms with Gasteiger partial charge in [-0.05, 0) is 75.6 Å². The van der Waals surface area contributed by atoms with Crippen molar-refractivity contribution >= 4 is 50.1 Å². The molecule has 25 heavy (non-hydrogen) atoms. The van der Waals surface area contributed by atoms with Crippen molar-refractivity contribution in [3.63, 3.8) is 0 Å². The first-order valence-electron chi connectivity index (χ1n) is 7.49. The molecule has 4 nitrogen and oxygen atoms in total. The van der Waals surface area contributed by atoms with Gasteiger partial charge in [0, 0.05) is 14.2 Å². The highest BCUT2D eigenvalue weighted by atomic mass is 127. The highest BCUT2D eigenvalue weighted by molar-refractivity contribution is 14.1. The van der Waals surface area contributed by atoms with Gasteiger partial charge in [-0.2, -0.15) is 0 Å². The van der Waals surface area contributed by atoms with Gasteiger partial charge in [0.2, 0.25) is 0 Å².